The third kappa shape index (κ3) is 3.40. The molecule has 0 amide bonds. The number of nitrogens with two attached hydrogens (primary N) is 1. The molecule has 3 N–H and O–H groups in total. The van der Waals surface area contributed by atoms with Gasteiger partial charge in [-0.05, 0) is 37.8 Å². The number of hydrogen-bond donors (Lipinski definition) is 2. The number of carbonyl (C=O) groups is 1. The first-order valence-corrected chi connectivity index (χ1v) is 7.84. The summed E-state index contributed by atoms with van der Waals surface area (Å²) >= 11 is 1.23. The average Bonchev–Trinajstić information content (AvgIpc) is 2.81. The van der Waals surface area contributed by atoms with E-state index in [-0.39, 0.29) is 5.82 Å². The van der Waals surface area contributed by atoms with Crippen LogP contribution in [0.1, 0.15) is 37.0 Å². The van der Waals surface area contributed by atoms with Crippen molar-refractivity contribution in [3.8, 4) is 0 Å². The number of rotatable bonds is 5. The van der Waals surface area contributed by atoms with E-state index < -0.39 is 5.97 Å². The average molecular weight is 298 g/mol. The summed E-state index contributed by atoms with van der Waals surface area (Å²) in [5.74, 6) is -0.144. The van der Waals surface area contributed by atoms with Crippen LogP contribution in [0.5, 0.6) is 0 Å². The van der Waals surface area contributed by atoms with Gasteiger partial charge in [-0.2, -0.15) is 4.37 Å². The van der Waals surface area contributed by atoms with Gasteiger partial charge in [0.15, 0.2) is 5.82 Å². The lowest BCUT2D eigenvalue weighted by atomic mass is 10.1. The van der Waals surface area contributed by atoms with Crippen molar-refractivity contribution in [1.82, 2.24) is 9.27 Å². The molecule has 0 unspecified atom stereocenters. The molecular weight excluding hydrogens is 276 g/mol. The third-order valence-electron chi connectivity index (χ3n) is 3.57. The normalized spacial score (nSPS) is 17.1. The molecule has 0 spiro atoms. The molecule has 1 aromatic rings. The fourth-order valence-electron chi connectivity index (χ4n) is 2.38. The molecule has 0 aliphatic carbocycles. The molecule has 2 heterocycles. The van der Waals surface area contributed by atoms with Gasteiger partial charge in [0, 0.05) is 19.1 Å². The Morgan fingerprint density at radius 3 is 2.80 bits per heavy atom. The summed E-state index contributed by atoms with van der Waals surface area (Å²) in [6.07, 6.45) is 2.13. The van der Waals surface area contributed by atoms with Crippen LogP contribution in [-0.4, -0.2) is 47.5 Å². The van der Waals surface area contributed by atoms with Gasteiger partial charge in [-0.15, -0.1) is 0 Å². The molecule has 112 valence electrons. The summed E-state index contributed by atoms with van der Waals surface area (Å²) in [5, 5.41) is 4.14. The van der Waals surface area contributed by atoms with Crippen LogP contribution >= 0.6 is 11.5 Å². The number of anilines is 2. The van der Waals surface area contributed by atoms with Gasteiger partial charge in [0.2, 0.25) is 0 Å². The maximum atomic E-state index is 11.9. The first-order valence-electron chi connectivity index (χ1n) is 7.06. The van der Waals surface area contributed by atoms with Crippen molar-refractivity contribution in [3.05, 3.63) is 5.56 Å². The molecule has 2 rings (SSSR count). The van der Waals surface area contributed by atoms with E-state index in [2.05, 4.69) is 21.5 Å². The van der Waals surface area contributed by atoms with E-state index in [0.717, 1.165) is 37.5 Å². The first-order chi connectivity index (χ1) is 9.65. The highest BCUT2D eigenvalue weighted by Crippen LogP contribution is 2.29. The van der Waals surface area contributed by atoms with E-state index in [4.69, 9.17) is 10.5 Å². The minimum atomic E-state index is -0.396. The number of nitrogen functional groups attached to an aromatic ring is 1. The van der Waals surface area contributed by atoms with Crippen LogP contribution in [0.2, 0.25) is 0 Å². The number of aromatic nitrogens is 1. The van der Waals surface area contributed by atoms with Crippen LogP contribution in [-0.2, 0) is 4.74 Å². The Bertz CT molecular complexity index is 455. The molecular formula is C13H22N4O2S. The number of nitrogens with zero attached hydrogens (tertiary/aromatic N) is 2. The number of esters is 1. The Morgan fingerprint density at radius 2 is 2.20 bits per heavy atom. The van der Waals surface area contributed by atoms with Gasteiger partial charge in [0.1, 0.15) is 10.6 Å². The molecule has 1 aliphatic rings. The lowest BCUT2D eigenvalue weighted by Crippen LogP contribution is -2.38. The standard InChI is InChI=1S/C13H22N4O2S/c1-3-17-7-5-9(6-8-17)15-12-10(11(14)16-20-12)13(18)19-4-2/h9,15H,3-8H2,1-2H3,(H2,14,16). The van der Waals surface area contributed by atoms with Gasteiger partial charge in [0.05, 0.1) is 6.61 Å². The number of carbonyl (C=O) groups excluding carboxylic acids is 1. The van der Waals surface area contributed by atoms with E-state index in [9.17, 15) is 4.79 Å². The summed E-state index contributed by atoms with van der Waals surface area (Å²) in [5.41, 5.74) is 6.16. The van der Waals surface area contributed by atoms with E-state index in [0.29, 0.717) is 18.2 Å². The molecule has 0 radical (unpaired) electrons. The predicted octanol–water partition coefficient (Wildman–Crippen LogP) is 1.80. The Labute approximate surface area is 123 Å². The van der Waals surface area contributed by atoms with E-state index in [1.165, 1.54) is 11.5 Å². The molecule has 1 aliphatic heterocycles. The number of ether oxygens (including phenoxy) is 1. The molecule has 1 saturated heterocycles. The second-order valence-corrected chi connectivity index (χ2v) is 5.62. The number of likely N-dealkylation sites (tertiary alicyclic amines) is 1. The topological polar surface area (TPSA) is 80.5 Å². The summed E-state index contributed by atoms with van der Waals surface area (Å²) in [4.78, 5) is 14.3. The smallest absolute Gasteiger partial charge is 0.344 e. The van der Waals surface area contributed by atoms with E-state index in [1.54, 1.807) is 6.92 Å². The SMILES string of the molecule is CCOC(=O)c1c(N)nsc1NC1CCN(CC)CC1. The zero-order valence-electron chi connectivity index (χ0n) is 12.0. The fraction of sp³-hybridized carbons (Fsp3) is 0.692. The summed E-state index contributed by atoms with van der Waals surface area (Å²) in [7, 11) is 0. The van der Waals surface area contributed by atoms with Gasteiger partial charge in [-0.3, -0.25) is 0 Å². The largest absolute Gasteiger partial charge is 0.462 e. The second-order valence-electron chi connectivity index (χ2n) is 4.85. The molecule has 1 aromatic heterocycles. The highest BCUT2D eigenvalue weighted by Gasteiger charge is 2.24. The van der Waals surface area contributed by atoms with Gasteiger partial charge in [0.25, 0.3) is 0 Å². The summed E-state index contributed by atoms with van der Waals surface area (Å²) in [6.45, 7) is 7.54. The first kappa shape index (κ1) is 15.1. The molecule has 0 saturated carbocycles. The predicted molar refractivity (Wildman–Crippen MR) is 81.2 cm³/mol. The highest BCUT2D eigenvalue weighted by atomic mass is 32.1. The second kappa shape index (κ2) is 6.90. The van der Waals surface area contributed by atoms with Gasteiger partial charge < -0.3 is 20.7 Å². The van der Waals surface area contributed by atoms with Crippen molar-refractivity contribution >= 4 is 28.3 Å². The Morgan fingerprint density at radius 1 is 1.50 bits per heavy atom. The lowest BCUT2D eigenvalue weighted by Gasteiger charge is -2.31. The van der Waals surface area contributed by atoms with Crippen molar-refractivity contribution in [2.75, 3.05) is 37.3 Å². The molecule has 1 fully saturated rings. The highest BCUT2D eigenvalue weighted by molar-refractivity contribution is 7.11. The molecule has 0 atom stereocenters. The van der Waals surface area contributed by atoms with Crippen molar-refractivity contribution in [3.63, 3.8) is 0 Å². The van der Waals surface area contributed by atoms with Crippen LogP contribution in [0.4, 0.5) is 10.8 Å². The Balaban J connectivity index is 2.01. The third-order valence-corrected chi connectivity index (χ3v) is 4.36. The van der Waals surface area contributed by atoms with E-state index >= 15 is 0 Å². The quantitative estimate of drug-likeness (QED) is 0.807. The summed E-state index contributed by atoms with van der Waals surface area (Å²) in [6, 6.07) is 0.367. The van der Waals surface area contributed by atoms with Crippen molar-refractivity contribution < 1.29 is 9.53 Å². The van der Waals surface area contributed by atoms with Crippen LogP contribution in [0.15, 0.2) is 0 Å². The van der Waals surface area contributed by atoms with Crippen LogP contribution < -0.4 is 11.1 Å². The monoisotopic (exact) mass is 298 g/mol. The van der Waals surface area contributed by atoms with Crippen molar-refractivity contribution in [2.45, 2.75) is 32.7 Å². The number of hydrogen-bond acceptors (Lipinski definition) is 7. The van der Waals surface area contributed by atoms with Gasteiger partial charge in [-0.1, -0.05) is 6.92 Å². The molecule has 0 bridgehead atoms. The Hall–Kier alpha value is -1.34. The maximum absolute atomic E-state index is 11.9. The number of nitrogens with one attached hydrogen (secondary N) is 1. The number of piperidine rings is 1. The Kier molecular flexibility index (Phi) is 5.19. The zero-order valence-corrected chi connectivity index (χ0v) is 12.8. The van der Waals surface area contributed by atoms with Crippen molar-refractivity contribution in [1.29, 1.82) is 0 Å². The molecule has 7 heteroatoms. The lowest BCUT2D eigenvalue weighted by molar-refractivity contribution is 0.0529. The van der Waals surface area contributed by atoms with Crippen LogP contribution in [0.3, 0.4) is 0 Å². The zero-order chi connectivity index (χ0) is 14.5. The molecule has 6 nitrogen and oxygen atoms in total. The summed E-state index contributed by atoms with van der Waals surface area (Å²) < 4.78 is 9.09. The van der Waals surface area contributed by atoms with Gasteiger partial charge >= 0.3 is 5.97 Å². The fourth-order valence-corrected chi connectivity index (χ4v) is 3.16. The minimum Gasteiger partial charge on any atom is -0.462 e. The molecule has 0 aromatic carbocycles. The van der Waals surface area contributed by atoms with E-state index in [1.807, 2.05) is 0 Å². The van der Waals surface area contributed by atoms with Crippen molar-refractivity contribution in [2.24, 2.45) is 0 Å². The van der Waals surface area contributed by atoms with Crippen LogP contribution in [0.25, 0.3) is 0 Å². The maximum Gasteiger partial charge on any atom is 0.344 e. The van der Waals surface area contributed by atoms with Crippen LogP contribution in [0, 0.1) is 0 Å². The molecule has 20 heavy (non-hydrogen) atoms. The minimum absolute atomic E-state index is 0.252. The van der Waals surface area contributed by atoms with Gasteiger partial charge in [-0.25, -0.2) is 4.79 Å².